The zero-order valence-electron chi connectivity index (χ0n) is 3.95. The fourth-order valence-electron chi connectivity index (χ4n) is 0. The van der Waals surface area contributed by atoms with Crippen LogP contribution in [0.2, 0.25) is 0 Å². The summed E-state index contributed by atoms with van der Waals surface area (Å²) in [5.41, 5.74) is 0. The van der Waals surface area contributed by atoms with Gasteiger partial charge in [0.2, 0.25) is 6.41 Å². The van der Waals surface area contributed by atoms with Crippen molar-refractivity contribution < 1.29 is 4.79 Å². The molecule has 0 bridgehead atoms. The second-order valence-corrected chi connectivity index (χ2v) is 1.32. The van der Waals surface area contributed by atoms with E-state index in [1.165, 1.54) is 0 Å². The Morgan fingerprint density at radius 3 is 1.86 bits per heavy atom. The molecule has 0 heterocycles. The van der Waals surface area contributed by atoms with Gasteiger partial charge in [-0.2, -0.15) is 0 Å². The van der Waals surface area contributed by atoms with Gasteiger partial charge in [-0.3, -0.25) is 4.79 Å². The van der Waals surface area contributed by atoms with E-state index in [0.29, 0.717) is 6.41 Å². The van der Waals surface area contributed by atoms with Crippen LogP contribution in [0.4, 0.5) is 0 Å². The van der Waals surface area contributed by atoms with E-state index in [9.17, 15) is 0 Å². The summed E-state index contributed by atoms with van der Waals surface area (Å²) in [6.45, 7) is 0. The van der Waals surface area contributed by atoms with Crippen LogP contribution in [0.15, 0.2) is 0 Å². The molecule has 0 aliphatic rings. The summed E-state index contributed by atoms with van der Waals surface area (Å²) in [5.74, 6) is 0. The van der Waals surface area contributed by atoms with Crippen molar-refractivity contribution in [3.8, 4) is 0 Å². The lowest BCUT2D eigenvalue weighted by atomic mass is 11.2. The average Bonchev–Trinajstić information content (AvgIpc) is 1.69. The summed E-state index contributed by atoms with van der Waals surface area (Å²) in [6.07, 6.45) is 0.625. The second-order valence-electron chi connectivity index (χ2n) is 0.508. The third-order valence-corrected chi connectivity index (χ3v) is 0.118. The molecule has 0 aromatic heterocycles. The Bertz CT molecular complexity index is 34.1. The lowest BCUT2D eigenvalue weighted by Crippen LogP contribution is -1.98. The van der Waals surface area contributed by atoms with E-state index in [0.717, 1.165) is 0 Å². The molecule has 0 unspecified atom stereocenters. The van der Waals surface area contributed by atoms with Crippen LogP contribution in [0.5, 0.6) is 0 Å². The lowest BCUT2D eigenvalue weighted by Gasteiger charge is -1.64. The van der Waals surface area contributed by atoms with Crippen LogP contribution in [0, 0.1) is 0 Å². The summed E-state index contributed by atoms with van der Waals surface area (Å²) in [5, 5.41) is 2.44. The summed E-state index contributed by atoms with van der Waals surface area (Å²) in [4.78, 5) is 9.06. The first-order valence-corrected chi connectivity index (χ1v) is 2.63. The Labute approximate surface area is 52.8 Å². The van der Waals surface area contributed by atoms with Crippen molar-refractivity contribution in [2.75, 3.05) is 12.4 Å². The lowest BCUT2D eigenvalue weighted by molar-refractivity contribution is -0.109. The van der Waals surface area contributed by atoms with E-state index in [1.54, 1.807) is 7.05 Å². The van der Waals surface area contributed by atoms with Crippen molar-refractivity contribution in [1.29, 1.82) is 0 Å². The minimum absolute atomic E-state index is 0.194. The number of carbonyl (C=O) groups is 1. The van der Waals surface area contributed by atoms with Crippen LogP contribution in [0.1, 0.15) is 0 Å². The number of carbonyl (C=O) groups excluding carboxylic acids is 1. The molecular formula is C3H7Cl2NO. The zero-order chi connectivity index (χ0) is 6.12. The molecule has 2 nitrogen and oxygen atoms in total. The molecule has 0 aliphatic heterocycles. The van der Waals surface area contributed by atoms with Crippen molar-refractivity contribution in [1.82, 2.24) is 5.32 Å². The molecule has 0 saturated heterocycles. The number of halogens is 2. The molecule has 4 heteroatoms. The molecule has 0 radical (unpaired) electrons. The Hall–Kier alpha value is 0.0500. The normalized spacial score (nSPS) is 5.57. The number of amides is 1. The first-order valence-electron chi connectivity index (χ1n) is 1.56. The largest absolute Gasteiger partial charge is 0.362 e. The first-order chi connectivity index (χ1) is 3.33. The minimum atomic E-state index is 0.194. The van der Waals surface area contributed by atoms with E-state index < -0.39 is 0 Å². The van der Waals surface area contributed by atoms with Crippen LogP contribution >= 0.6 is 23.2 Å². The number of hydrogen-bond donors (Lipinski definition) is 1. The van der Waals surface area contributed by atoms with Crippen LogP contribution in [-0.2, 0) is 4.79 Å². The molecule has 0 spiro atoms. The van der Waals surface area contributed by atoms with Crippen LogP contribution in [0.25, 0.3) is 0 Å². The highest BCUT2D eigenvalue weighted by Crippen LogP contribution is 1.73. The molecule has 0 aromatic carbocycles. The number of alkyl halides is 2. The Morgan fingerprint density at radius 2 is 1.86 bits per heavy atom. The molecule has 1 amide bonds. The minimum Gasteiger partial charge on any atom is -0.362 e. The van der Waals surface area contributed by atoms with E-state index in [-0.39, 0.29) is 5.34 Å². The summed E-state index contributed by atoms with van der Waals surface area (Å²) < 4.78 is 0. The van der Waals surface area contributed by atoms with Gasteiger partial charge in [-0.1, -0.05) is 0 Å². The van der Waals surface area contributed by atoms with Crippen LogP contribution in [-0.4, -0.2) is 18.8 Å². The second kappa shape index (κ2) is 16.6. The van der Waals surface area contributed by atoms with Gasteiger partial charge in [0, 0.05) is 7.05 Å². The van der Waals surface area contributed by atoms with E-state index in [4.69, 9.17) is 28.0 Å². The Balaban J connectivity index is 0. The SMILES string of the molecule is CNC=O.ClCCl. The topological polar surface area (TPSA) is 29.1 Å². The van der Waals surface area contributed by atoms with Crippen molar-refractivity contribution in [3.05, 3.63) is 0 Å². The molecular weight excluding hydrogens is 137 g/mol. The smallest absolute Gasteiger partial charge is 0.206 e. The van der Waals surface area contributed by atoms with Crippen LogP contribution < -0.4 is 5.32 Å². The molecule has 44 valence electrons. The molecule has 1 N–H and O–H groups in total. The van der Waals surface area contributed by atoms with Gasteiger partial charge in [0.1, 0.15) is 0 Å². The Kier molecular flexibility index (Phi) is 24.0. The predicted molar refractivity (Wildman–Crippen MR) is 31.7 cm³/mol. The fourth-order valence-corrected chi connectivity index (χ4v) is 0. The van der Waals surface area contributed by atoms with Gasteiger partial charge in [0.05, 0.1) is 5.34 Å². The highest BCUT2D eigenvalue weighted by Gasteiger charge is 1.43. The fraction of sp³-hybridized carbons (Fsp3) is 0.667. The molecule has 0 aliphatic carbocycles. The molecule has 7 heavy (non-hydrogen) atoms. The number of hydrogen-bond acceptors (Lipinski definition) is 1. The highest BCUT2D eigenvalue weighted by atomic mass is 35.5. The van der Waals surface area contributed by atoms with Crippen molar-refractivity contribution in [3.63, 3.8) is 0 Å². The highest BCUT2D eigenvalue weighted by molar-refractivity contribution is 6.40. The van der Waals surface area contributed by atoms with E-state index in [1.807, 2.05) is 0 Å². The van der Waals surface area contributed by atoms with Gasteiger partial charge in [0.25, 0.3) is 0 Å². The average molecular weight is 144 g/mol. The quantitative estimate of drug-likeness (QED) is 0.427. The van der Waals surface area contributed by atoms with E-state index >= 15 is 0 Å². The van der Waals surface area contributed by atoms with Crippen molar-refractivity contribution >= 4 is 29.6 Å². The van der Waals surface area contributed by atoms with Crippen LogP contribution in [0.3, 0.4) is 0 Å². The summed E-state index contributed by atoms with van der Waals surface area (Å²) in [7, 11) is 1.56. The maximum absolute atomic E-state index is 9.06. The zero-order valence-corrected chi connectivity index (χ0v) is 5.46. The Morgan fingerprint density at radius 1 is 1.71 bits per heavy atom. The maximum Gasteiger partial charge on any atom is 0.206 e. The van der Waals surface area contributed by atoms with Gasteiger partial charge >= 0.3 is 0 Å². The maximum atomic E-state index is 9.06. The monoisotopic (exact) mass is 143 g/mol. The molecule has 0 aromatic rings. The van der Waals surface area contributed by atoms with Crippen molar-refractivity contribution in [2.45, 2.75) is 0 Å². The first kappa shape index (κ1) is 10.1. The van der Waals surface area contributed by atoms with E-state index in [2.05, 4.69) is 5.32 Å². The van der Waals surface area contributed by atoms with Gasteiger partial charge in [-0.05, 0) is 0 Å². The molecule has 0 rings (SSSR count). The standard InChI is InChI=1S/C2H5NO.CH2Cl2/c1-3-2-4;2-1-3/h2H,1H3,(H,3,4);1H2. The number of nitrogens with one attached hydrogen (secondary N) is 1. The van der Waals surface area contributed by atoms with Gasteiger partial charge < -0.3 is 5.32 Å². The van der Waals surface area contributed by atoms with Gasteiger partial charge in [-0.25, -0.2) is 0 Å². The number of rotatable bonds is 1. The molecule has 0 atom stereocenters. The summed E-state index contributed by atoms with van der Waals surface area (Å²) in [6, 6.07) is 0. The van der Waals surface area contributed by atoms with Gasteiger partial charge in [0.15, 0.2) is 0 Å². The molecule has 0 fully saturated rings. The predicted octanol–water partition coefficient (Wildman–Crippen LogP) is 0.784. The summed E-state index contributed by atoms with van der Waals surface area (Å²) >= 11 is 9.53. The van der Waals surface area contributed by atoms with Gasteiger partial charge in [-0.15, -0.1) is 23.2 Å². The third-order valence-electron chi connectivity index (χ3n) is 0.118. The third kappa shape index (κ3) is 90.0. The van der Waals surface area contributed by atoms with Crippen molar-refractivity contribution in [2.24, 2.45) is 0 Å². The molecule has 0 saturated carbocycles.